The Hall–Kier alpha value is -0.396. The highest BCUT2D eigenvalue weighted by atomic mass is 28.4. The van der Waals surface area contributed by atoms with E-state index in [0.29, 0.717) is 28.4 Å². The fourth-order valence-electron chi connectivity index (χ4n) is 5.18. The second-order valence-electron chi connectivity index (χ2n) is 9.01. The van der Waals surface area contributed by atoms with Crippen LogP contribution in [0, 0.1) is 5.92 Å². The minimum absolute atomic E-state index is 0.0226. The first kappa shape index (κ1) is 19.9. The monoisotopic (exact) mass is 368 g/mol. The summed E-state index contributed by atoms with van der Waals surface area (Å²) in [6.07, 6.45) is 7.99. The van der Waals surface area contributed by atoms with Crippen molar-refractivity contribution in [1.82, 2.24) is 0 Å². The van der Waals surface area contributed by atoms with Crippen LogP contribution in [0.25, 0.3) is 0 Å². The Balaban J connectivity index is 2.23. The number of fused-ring (bicyclic) bond motifs is 1. The molecule has 0 aromatic rings. The summed E-state index contributed by atoms with van der Waals surface area (Å²) < 4.78 is 12.6. The number of carbonyl (C=O) groups excluding carboxylic acids is 1. The summed E-state index contributed by atoms with van der Waals surface area (Å²) in [5.74, 6) is 0.103. The number of hydrogen-bond acceptors (Lipinski definition) is 3. The van der Waals surface area contributed by atoms with Gasteiger partial charge >= 0.3 is 5.97 Å². The molecule has 3 atom stereocenters. The van der Waals surface area contributed by atoms with Crippen molar-refractivity contribution < 1.29 is 14.0 Å². The average molecular weight is 369 g/mol. The summed E-state index contributed by atoms with van der Waals surface area (Å²) in [6, 6.07) is 0. The smallest absolute Gasteiger partial charge is 0.308 e. The van der Waals surface area contributed by atoms with E-state index in [1.807, 2.05) is 0 Å². The van der Waals surface area contributed by atoms with E-state index in [4.69, 9.17) is 9.16 Å². The molecule has 24 heavy (non-hydrogen) atoms. The lowest BCUT2D eigenvalue weighted by Crippen LogP contribution is -2.59. The van der Waals surface area contributed by atoms with Crippen molar-refractivity contribution in [3.63, 3.8) is 0 Å². The quantitative estimate of drug-likeness (QED) is 0.366. The van der Waals surface area contributed by atoms with Gasteiger partial charge in [0.05, 0.1) is 12.1 Å². The highest BCUT2D eigenvalue weighted by Crippen LogP contribution is 2.46. The van der Waals surface area contributed by atoms with Crippen LogP contribution in [0.15, 0.2) is 12.2 Å². The van der Waals surface area contributed by atoms with Crippen molar-refractivity contribution in [3.05, 3.63) is 12.2 Å². The van der Waals surface area contributed by atoms with Gasteiger partial charge < -0.3 is 9.16 Å². The van der Waals surface area contributed by atoms with E-state index in [2.05, 4.69) is 60.2 Å². The van der Waals surface area contributed by atoms with Crippen LogP contribution in [0.2, 0.25) is 28.7 Å². The second kappa shape index (κ2) is 7.46. The highest BCUT2D eigenvalue weighted by molar-refractivity contribution is 6.83. The van der Waals surface area contributed by atoms with Crippen molar-refractivity contribution in [1.29, 1.82) is 0 Å². The normalized spacial score (nSPS) is 30.8. The molecule has 0 radical (unpaired) electrons. The number of allylic oxidation sites excluding steroid dienone is 2. The van der Waals surface area contributed by atoms with Crippen molar-refractivity contribution in [3.8, 4) is 0 Å². The van der Waals surface area contributed by atoms with Crippen LogP contribution in [0.5, 0.6) is 0 Å². The summed E-state index contributed by atoms with van der Waals surface area (Å²) >= 11 is 0. The summed E-state index contributed by atoms with van der Waals surface area (Å²) in [5, 5.41) is 0. The van der Waals surface area contributed by atoms with Gasteiger partial charge in [0.1, 0.15) is 8.07 Å². The molecule has 2 aliphatic rings. The molecule has 3 nitrogen and oxygen atoms in total. The fourth-order valence-corrected chi connectivity index (χ4v) is 15.3. The Kier molecular flexibility index (Phi) is 6.19. The molecule has 0 aromatic heterocycles. The largest absolute Gasteiger partial charge is 0.469 e. The number of rotatable bonds is 6. The Bertz CT molecular complexity index is 465. The second-order valence-corrected chi connectivity index (χ2v) is 19.0. The van der Waals surface area contributed by atoms with Crippen LogP contribution in [-0.2, 0) is 14.0 Å². The van der Waals surface area contributed by atoms with Crippen LogP contribution in [-0.4, -0.2) is 34.8 Å². The molecule has 2 rings (SSSR count). The molecule has 0 spiro atoms. The fraction of sp³-hybridized carbons (Fsp3) is 0.842. The summed E-state index contributed by atoms with van der Waals surface area (Å²) in [6.45, 7) is 16.4. The average Bonchev–Trinajstić information content (AvgIpc) is 2.51. The standard InChI is InChI=1S/C19H36O3Si2/c1-14(2)24(15(3)4,16(5)6)22-13-23(7)12-21-19(20)17-10-8-9-11-18(17)23/h9,11,14-18H,8,10,12-13H2,1-7H3. The third-order valence-corrected chi connectivity index (χ3v) is 16.6. The first-order chi connectivity index (χ1) is 11.1. The summed E-state index contributed by atoms with van der Waals surface area (Å²) in [7, 11) is -3.67. The third-order valence-electron chi connectivity index (χ3n) is 6.43. The molecule has 0 aromatic carbocycles. The maximum atomic E-state index is 12.2. The number of esters is 1. The van der Waals surface area contributed by atoms with Crippen molar-refractivity contribution in [2.24, 2.45) is 5.92 Å². The van der Waals surface area contributed by atoms with Crippen molar-refractivity contribution in [2.45, 2.75) is 83.1 Å². The van der Waals surface area contributed by atoms with Gasteiger partial charge in [-0.3, -0.25) is 4.79 Å². The highest BCUT2D eigenvalue weighted by Gasteiger charge is 2.52. The molecule has 1 aliphatic heterocycles. The van der Waals surface area contributed by atoms with Crippen LogP contribution in [0.4, 0.5) is 0 Å². The Morgan fingerprint density at radius 1 is 1.21 bits per heavy atom. The van der Waals surface area contributed by atoms with Gasteiger partial charge in [-0.15, -0.1) is 0 Å². The minimum Gasteiger partial charge on any atom is -0.469 e. The van der Waals surface area contributed by atoms with Crippen LogP contribution in [0.1, 0.15) is 54.4 Å². The lowest BCUT2D eigenvalue weighted by atomic mass is 9.94. The predicted molar refractivity (Wildman–Crippen MR) is 105 cm³/mol. The van der Waals surface area contributed by atoms with E-state index in [9.17, 15) is 4.79 Å². The van der Waals surface area contributed by atoms with Gasteiger partial charge in [-0.1, -0.05) is 60.2 Å². The van der Waals surface area contributed by atoms with Gasteiger partial charge in [-0.25, -0.2) is 0 Å². The van der Waals surface area contributed by atoms with Gasteiger partial charge in [0.15, 0.2) is 8.32 Å². The molecule has 1 fully saturated rings. The summed E-state index contributed by atoms with van der Waals surface area (Å²) in [5.41, 5.74) is 2.18. The molecular formula is C19H36O3Si2. The van der Waals surface area contributed by atoms with Gasteiger partial charge in [-0.05, 0) is 35.0 Å². The third kappa shape index (κ3) is 3.44. The SMILES string of the molecule is CC(C)[Si](OC[Si]1(C)COC(=O)C2CCC=CC21)(C(C)C)C(C)C. The topological polar surface area (TPSA) is 35.5 Å². The van der Waals surface area contributed by atoms with E-state index in [-0.39, 0.29) is 11.9 Å². The lowest BCUT2D eigenvalue weighted by Gasteiger charge is -2.48. The molecular weight excluding hydrogens is 332 g/mol. The Morgan fingerprint density at radius 3 is 2.33 bits per heavy atom. The zero-order chi connectivity index (χ0) is 18.1. The number of hydrogen-bond donors (Lipinski definition) is 0. The maximum absolute atomic E-state index is 12.2. The molecule has 0 amide bonds. The first-order valence-corrected chi connectivity index (χ1v) is 14.8. The van der Waals surface area contributed by atoms with Gasteiger partial charge in [0.25, 0.3) is 0 Å². The van der Waals surface area contributed by atoms with E-state index < -0.39 is 16.4 Å². The molecule has 5 heteroatoms. The van der Waals surface area contributed by atoms with Crippen LogP contribution in [0.3, 0.4) is 0 Å². The minimum atomic E-state index is -1.86. The zero-order valence-corrected chi connectivity index (χ0v) is 18.6. The van der Waals surface area contributed by atoms with E-state index >= 15 is 0 Å². The van der Waals surface area contributed by atoms with Crippen LogP contribution < -0.4 is 0 Å². The maximum Gasteiger partial charge on any atom is 0.308 e. The molecule has 0 saturated carbocycles. The number of ether oxygens (including phenoxy) is 1. The first-order valence-electron chi connectivity index (χ1n) is 9.62. The van der Waals surface area contributed by atoms with E-state index in [0.717, 1.165) is 19.1 Å². The van der Waals surface area contributed by atoms with Crippen molar-refractivity contribution >= 4 is 22.4 Å². The predicted octanol–water partition coefficient (Wildman–Crippen LogP) is 5.23. The molecule has 1 aliphatic carbocycles. The lowest BCUT2D eigenvalue weighted by molar-refractivity contribution is -0.148. The zero-order valence-electron chi connectivity index (χ0n) is 16.6. The Labute approximate surface area is 150 Å². The molecule has 0 N–H and O–H groups in total. The van der Waals surface area contributed by atoms with Crippen LogP contribution >= 0.6 is 0 Å². The van der Waals surface area contributed by atoms with E-state index in [1.54, 1.807) is 0 Å². The number of carbonyl (C=O) groups is 1. The molecule has 138 valence electrons. The molecule has 3 unspecified atom stereocenters. The van der Waals surface area contributed by atoms with E-state index in [1.165, 1.54) is 0 Å². The van der Waals surface area contributed by atoms with Gasteiger partial charge in [0.2, 0.25) is 0 Å². The Morgan fingerprint density at radius 2 is 1.79 bits per heavy atom. The summed E-state index contributed by atoms with van der Waals surface area (Å²) in [4.78, 5) is 12.2. The van der Waals surface area contributed by atoms with Crippen molar-refractivity contribution in [2.75, 3.05) is 12.5 Å². The van der Waals surface area contributed by atoms with Gasteiger partial charge in [0, 0.05) is 6.23 Å². The number of cyclic esters (lactones) is 1. The molecule has 1 heterocycles. The molecule has 0 bridgehead atoms. The molecule has 1 saturated heterocycles. The van der Waals surface area contributed by atoms with Gasteiger partial charge in [-0.2, -0.15) is 0 Å².